The second-order valence-corrected chi connectivity index (χ2v) is 5.27. The topological polar surface area (TPSA) is 53.1 Å². The molecule has 2 unspecified atom stereocenters. The molecule has 3 heteroatoms. The molecule has 0 bridgehead atoms. The smallest absolute Gasteiger partial charge is 0.108 e. The molecule has 21 heavy (non-hydrogen) atoms. The average molecular weight is 279 g/mol. The lowest BCUT2D eigenvalue weighted by atomic mass is 10.1. The van der Waals surface area contributed by atoms with E-state index in [2.05, 4.69) is 35.2 Å². The fraction of sp³-hybridized carbons (Fsp3) is 0.278. The molecule has 0 aliphatic rings. The van der Waals surface area contributed by atoms with Crippen molar-refractivity contribution in [3.63, 3.8) is 0 Å². The van der Waals surface area contributed by atoms with Crippen molar-refractivity contribution in [2.45, 2.75) is 32.1 Å². The quantitative estimate of drug-likeness (QED) is 0.884. The molecule has 2 aromatic carbocycles. The van der Waals surface area contributed by atoms with Crippen molar-refractivity contribution in [2.24, 2.45) is 5.73 Å². The molecular weight excluding hydrogens is 258 g/mol. The van der Waals surface area contributed by atoms with E-state index in [-0.39, 0.29) is 6.04 Å². The molecule has 0 spiro atoms. The zero-order valence-electron chi connectivity index (χ0n) is 12.3. The Bertz CT molecular complexity index is 533. The Hall–Kier alpha value is -2.15. The zero-order valence-corrected chi connectivity index (χ0v) is 12.3. The van der Waals surface area contributed by atoms with Crippen molar-refractivity contribution in [1.82, 2.24) is 4.90 Å². The van der Waals surface area contributed by atoms with Crippen LogP contribution in [0.4, 0.5) is 0 Å². The van der Waals surface area contributed by atoms with E-state index in [9.17, 15) is 0 Å². The SMILES string of the molecule is CC(C(N)C#N)N(Cc1ccccc1)Cc1ccccc1. The summed E-state index contributed by atoms with van der Waals surface area (Å²) in [6.07, 6.45) is 0. The van der Waals surface area contributed by atoms with Crippen LogP contribution in [0.3, 0.4) is 0 Å². The lowest BCUT2D eigenvalue weighted by Gasteiger charge is -2.30. The Labute approximate surface area is 126 Å². The molecule has 0 aromatic heterocycles. The first-order chi connectivity index (χ1) is 10.2. The molecular formula is C18H21N3. The summed E-state index contributed by atoms with van der Waals surface area (Å²) in [7, 11) is 0. The third-order valence-electron chi connectivity index (χ3n) is 3.70. The summed E-state index contributed by atoms with van der Waals surface area (Å²) in [6, 6.07) is 22.2. The maximum atomic E-state index is 9.08. The fourth-order valence-corrected chi connectivity index (χ4v) is 2.31. The number of nitriles is 1. The molecule has 0 fully saturated rings. The molecule has 0 amide bonds. The van der Waals surface area contributed by atoms with Gasteiger partial charge >= 0.3 is 0 Å². The third-order valence-corrected chi connectivity index (χ3v) is 3.70. The first kappa shape index (κ1) is 15.2. The van der Waals surface area contributed by atoms with Crippen molar-refractivity contribution in [1.29, 1.82) is 5.26 Å². The molecule has 0 heterocycles. The van der Waals surface area contributed by atoms with Gasteiger partial charge in [-0.05, 0) is 18.1 Å². The Kier molecular flexibility index (Phi) is 5.51. The number of rotatable bonds is 6. The number of nitrogens with zero attached hydrogens (tertiary/aromatic N) is 2. The lowest BCUT2D eigenvalue weighted by Crippen LogP contribution is -2.44. The monoisotopic (exact) mass is 279 g/mol. The minimum Gasteiger partial charge on any atom is -0.315 e. The van der Waals surface area contributed by atoms with Crippen LogP contribution in [0, 0.1) is 11.3 Å². The zero-order chi connectivity index (χ0) is 15.1. The number of hydrogen-bond donors (Lipinski definition) is 1. The van der Waals surface area contributed by atoms with Crippen molar-refractivity contribution >= 4 is 0 Å². The lowest BCUT2D eigenvalue weighted by molar-refractivity contribution is 0.180. The molecule has 0 radical (unpaired) electrons. The van der Waals surface area contributed by atoms with Gasteiger partial charge in [0.25, 0.3) is 0 Å². The highest BCUT2D eigenvalue weighted by Crippen LogP contribution is 2.14. The van der Waals surface area contributed by atoms with Gasteiger partial charge in [0.2, 0.25) is 0 Å². The van der Waals surface area contributed by atoms with Gasteiger partial charge in [-0.25, -0.2) is 0 Å². The van der Waals surface area contributed by atoms with Gasteiger partial charge in [0.1, 0.15) is 6.04 Å². The molecule has 3 nitrogen and oxygen atoms in total. The first-order valence-corrected chi connectivity index (χ1v) is 7.18. The molecule has 2 rings (SSSR count). The summed E-state index contributed by atoms with van der Waals surface area (Å²) in [5.41, 5.74) is 8.38. The van der Waals surface area contributed by atoms with Gasteiger partial charge in [0.05, 0.1) is 6.07 Å². The highest BCUT2D eigenvalue weighted by atomic mass is 15.2. The summed E-state index contributed by atoms with van der Waals surface area (Å²) in [6.45, 7) is 3.58. The van der Waals surface area contributed by atoms with Crippen LogP contribution < -0.4 is 5.73 Å². The van der Waals surface area contributed by atoms with Gasteiger partial charge < -0.3 is 5.73 Å². The number of nitrogens with two attached hydrogens (primary N) is 1. The van der Waals surface area contributed by atoms with Gasteiger partial charge in [0, 0.05) is 19.1 Å². The van der Waals surface area contributed by atoms with Gasteiger partial charge in [-0.3, -0.25) is 4.90 Å². The van der Waals surface area contributed by atoms with Gasteiger partial charge in [-0.2, -0.15) is 5.26 Å². The minimum atomic E-state index is -0.488. The van der Waals surface area contributed by atoms with Crippen LogP contribution in [0.2, 0.25) is 0 Å². The molecule has 2 aromatic rings. The maximum Gasteiger partial charge on any atom is 0.108 e. The van der Waals surface area contributed by atoms with E-state index in [1.165, 1.54) is 11.1 Å². The molecule has 0 aliphatic heterocycles. The predicted molar refractivity (Wildman–Crippen MR) is 85.2 cm³/mol. The second-order valence-electron chi connectivity index (χ2n) is 5.27. The first-order valence-electron chi connectivity index (χ1n) is 7.18. The van der Waals surface area contributed by atoms with Gasteiger partial charge in [-0.1, -0.05) is 60.7 Å². The Balaban J connectivity index is 2.16. The van der Waals surface area contributed by atoms with Crippen LogP contribution >= 0.6 is 0 Å². The van der Waals surface area contributed by atoms with E-state index in [1.54, 1.807) is 0 Å². The van der Waals surface area contributed by atoms with Crippen LogP contribution in [0.5, 0.6) is 0 Å². The van der Waals surface area contributed by atoms with E-state index in [0.717, 1.165) is 13.1 Å². The van der Waals surface area contributed by atoms with Crippen LogP contribution in [-0.4, -0.2) is 17.0 Å². The van der Waals surface area contributed by atoms with Crippen molar-refractivity contribution < 1.29 is 0 Å². The molecule has 0 saturated heterocycles. The Morgan fingerprint density at radius 1 is 0.952 bits per heavy atom. The van der Waals surface area contributed by atoms with E-state index >= 15 is 0 Å². The second kappa shape index (κ2) is 7.58. The van der Waals surface area contributed by atoms with Crippen molar-refractivity contribution in [3.05, 3.63) is 71.8 Å². The maximum absolute atomic E-state index is 9.08. The van der Waals surface area contributed by atoms with E-state index in [1.807, 2.05) is 43.3 Å². The largest absolute Gasteiger partial charge is 0.315 e. The van der Waals surface area contributed by atoms with Gasteiger partial charge in [-0.15, -0.1) is 0 Å². The summed E-state index contributed by atoms with van der Waals surface area (Å²) >= 11 is 0. The standard InChI is InChI=1S/C18H21N3/c1-15(18(20)12-19)21(13-16-8-4-2-5-9-16)14-17-10-6-3-7-11-17/h2-11,15,18H,13-14,20H2,1H3. The third kappa shape index (κ3) is 4.42. The predicted octanol–water partition coefficient (Wildman–Crippen LogP) is 2.93. The van der Waals surface area contributed by atoms with Crippen LogP contribution in [-0.2, 0) is 13.1 Å². The van der Waals surface area contributed by atoms with Crippen molar-refractivity contribution in [2.75, 3.05) is 0 Å². The van der Waals surface area contributed by atoms with Gasteiger partial charge in [0.15, 0.2) is 0 Å². The molecule has 0 aliphatic carbocycles. The highest BCUT2D eigenvalue weighted by Gasteiger charge is 2.20. The molecule has 2 N–H and O–H groups in total. The molecule has 108 valence electrons. The Morgan fingerprint density at radius 2 is 1.38 bits per heavy atom. The minimum absolute atomic E-state index is 0.00425. The fourth-order valence-electron chi connectivity index (χ4n) is 2.31. The summed E-state index contributed by atoms with van der Waals surface area (Å²) in [5.74, 6) is 0. The molecule has 0 saturated carbocycles. The normalized spacial score (nSPS) is 13.6. The number of hydrogen-bond acceptors (Lipinski definition) is 3. The number of benzene rings is 2. The summed E-state index contributed by atoms with van der Waals surface area (Å²) in [5, 5.41) is 9.08. The van der Waals surface area contributed by atoms with Crippen LogP contribution in [0.15, 0.2) is 60.7 Å². The van der Waals surface area contributed by atoms with E-state index in [0.29, 0.717) is 0 Å². The van der Waals surface area contributed by atoms with Crippen molar-refractivity contribution in [3.8, 4) is 6.07 Å². The van der Waals surface area contributed by atoms with Crippen LogP contribution in [0.1, 0.15) is 18.1 Å². The summed E-state index contributed by atoms with van der Waals surface area (Å²) in [4.78, 5) is 2.25. The molecule has 2 atom stereocenters. The summed E-state index contributed by atoms with van der Waals surface area (Å²) < 4.78 is 0. The highest BCUT2D eigenvalue weighted by molar-refractivity contribution is 5.17. The Morgan fingerprint density at radius 3 is 1.76 bits per heavy atom. The van der Waals surface area contributed by atoms with E-state index in [4.69, 9.17) is 11.0 Å². The van der Waals surface area contributed by atoms with E-state index < -0.39 is 6.04 Å². The average Bonchev–Trinajstić information content (AvgIpc) is 2.54. The van der Waals surface area contributed by atoms with Crippen LogP contribution in [0.25, 0.3) is 0 Å².